The molecule has 118 valence electrons. The van der Waals surface area contributed by atoms with E-state index in [1.807, 2.05) is 13.8 Å². The minimum atomic E-state index is 0.0668. The van der Waals surface area contributed by atoms with Gasteiger partial charge in [0.25, 0.3) is 0 Å². The summed E-state index contributed by atoms with van der Waals surface area (Å²) in [4.78, 5) is 2.58. The van der Waals surface area contributed by atoms with E-state index in [0.717, 1.165) is 18.2 Å². The molecular formula is C18H30N2O. The number of hydrogen-bond acceptors (Lipinski definition) is 3. The van der Waals surface area contributed by atoms with Crippen LogP contribution in [0.3, 0.4) is 0 Å². The van der Waals surface area contributed by atoms with E-state index in [9.17, 15) is 0 Å². The molecule has 1 heterocycles. The second-order valence-corrected chi connectivity index (χ2v) is 6.55. The predicted molar refractivity (Wildman–Crippen MR) is 88.5 cm³/mol. The van der Waals surface area contributed by atoms with Gasteiger partial charge in [-0.3, -0.25) is 4.90 Å². The molecule has 1 saturated heterocycles. The van der Waals surface area contributed by atoms with Crippen molar-refractivity contribution in [1.82, 2.24) is 4.90 Å². The highest BCUT2D eigenvalue weighted by atomic mass is 16.5. The summed E-state index contributed by atoms with van der Waals surface area (Å²) in [6.45, 7) is 11.6. The predicted octanol–water partition coefficient (Wildman–Crippen LogP) is 3.73. The molecule has 0 aromatic heterocycles. The van der Waals surface area contributed by atoms with E-state index < -0.39 is 0 Å². The largest absolute Gasteiger partial charge is 0.494 e. The fourth-order valence-electron chi connectivity index (χ4n) is 3.12. The average Bonchev–Trinajstić information content (AvgIpc) is 2.44. The maximum absolute atomic E-state index is 6.03. The highest BCUT2D eigenvalue weighted by Gasteiger charge is 2.23. The van der Waals surface area contributed by atoms with E-state index in [0.29, 0.717) is 12.6 Å². The minimum Gasteiger partial charge on any atom is -0.494 e. The average molecular weight is 290 g/mol. The summed E-state index contributed by atoms with van der Waals surface area (Å²) in [5, 5.41) is 0. The van der Waals surface area contributed by atoms with Crippen LogP contribution in [-0.4, -0.2) is 24.1 Å². The van der Waals surface area contributed by atoms with Crippen molar-refractivity contribution >= 4 is 0 Å². The van der Waals surface area contributed by atoms with E-state index in [2.05, 4.69) is 36.9 Å². The number of rotatable bonds is 5. The Hall–Kier alpha value is -1.06. The van der Waals surface area contributed by atoms with E-state index >= 15 is 0 Å². The molecule has 1 aliphatic rings. The highest BCUT2D eigenvalue weighted by molar-refractivity contribution is 5.38. The number of benzene rings is 1. The van der Waals surface area contributed by atoms with Gasteiger partial charge in [0.2, 0.25) is 0 Å². The molecule has 1 aliphatic heterocycles. The zero-order chi connectivity index (χ0) is 15.4. The van der Waals surface area contributed by atoms with Crippen LogP contribution < -0.4 is 10.5 Å². The summed E-state index contributed by atoms with van der Waals surface area (Å²) in [7, 11) is 0. The molecule has 0 spiro atoms. The molecule has 1 aromatic carbocycles. The van der Waals surface area contributed by atoms with Crippen molar-refractivity contribution in [1.29, 1.82) is 0 Å². The fraction of sp³-hybridized carbons (Fsp3) is 0.667. The van der Waals surface area contributed by atoms with E-state index in [-0.39, 0.29) is 6.04 Å². The second-order valence-electron chi connectivity index (χ2n) is 6.55. The lowest BCUT2D eigenvalue weighted by molar-refractivity contribution is 0.116. The van der Waals surface area contributed by atoms with Gasteiger partial charge in [-0.25, -0.2) is 0 Å². The van der Waals surface area contributed by atoms with Gasteiger partial charge in [-0.2, -0.15) is 0 Å². The van der Waals surface area contributed by atoms with Gasteiger partial charge in [0.1, 0.15) is 5.75 Å². The summed E-state index contributed by atoms with van der Waals surface area (Å²) in [5.41, 5.74) is 8.49. The van der Waals surface area contributed by atoms with Crippen molar-refractivity contribution in [2.75, 3.05) is 13.2 Å². The van der Waals surface area contributed by atoms with Gasteiger partial charge >= 0.3 is 0 Å². The van der Waals surface area contributed by atoms with Gasteiger partial charge in [-0.15, -0.1) is 0 Å². The molecule has 0 aliphatic carbocycles. The van der Waals surface area contributed by atoms with Gasteiger partial charge in [-0.1, -0.05) is 13.0 Å². The molecule has 1 fully saturated rings. The molecule has 3 unspecified atom stereocenters. The van der Waals surface area contributed by atoms with Gasteiger partial charge in [-0.05, 0) is 57.2 Å². The summed E-state index contributed by atoms with van der Waals surface area (Å²) in [6.07, 6.45) is 2.63. The van der Waals surface area contributed by atoms with Crippen LogP contribution in [0.25, 0.3) is 0 Å². The highest BCUT2D eigenvalue weighted by Crippen LogP contribution is 2.28. The Morgan fingerprint density at radius 1 is 1.33 bits per heavy atom. The smallest absolute Gasteiger partial charge is 0.123 e. The zero-order valence-corrected chi connectivity index (χ0v) is 13.9. The van der Waals surface area contributed by atoms with Gasteiger partial charge in [0.05, 0.1) is 6.61 Å². The lowest BCUT2D eigenvalue weighted by Crippen LogP contribution is -2.40. The Morgan fingerprint density at radius 3 is 2.76 bits per heavy atom. The van der Waals surface area contributed by atoms with Crippen molar-refractivity contribution in [2.24, 2.45) is 11.7 Å². The Balaban J connectivity index is 2.21. The number of ether oxygens (including phenoxy) is 1. The van der Waals surface area contributed by atoms with Gasteiger partial charge in [0, 0.05) is 30.7 Å². The van der Waals surface area contributed by atoms with Crippen molar-refractivity contribution in [3.63, 3.8) is 0 Å². The Bertz CT molecular complexity index is 459. The summed E-state index contributed by atoms with van der Waals surface area (Å²) >= 11 is 0. The summed E-state index contributed by atoms with van der Waals surface area (Å²) < 4.78 is 5.81. The number of nitrogens with zero attached hydrogens (tertiary/aromatic N) is 1. The first-order valence-corrected chi connectivity index (χ1v) is 8.26. The Labute approximate surface area is 129 Å². The number of piperidine rings is 1. The Morgan fingerprint density at radius 2 is 2.10 bits per heavy atom. The zero-order valence-electron chi connectivity index (χ0n) is 13.9. The molecule has 0 radical (unpaired) electrons. The fourth-order valence-corrected chi connectivity index (χ4v) is 3.12. The SMILES string of the molecule is CCOc1ccc(C(C)N)cc1CN1CC(C)CCC1C. The first-order valence-electron chi connectivity index (χ1n) is 8.26. The van der Waals surface area contributed by atoms with Crippen molar-refractivity contribution in [2.45, 2.75) is 59.2 Å². The van der Waals surface area contributed by atoms with Crippen LogP contribution in [0.4, 0.5) is 0 Å². The molecule has 3 atom stereocenters. The first-order chi connectivity index (χ1) is 10.0. The molecule has 3 heteroatoms. The number of likely N-dealkylation sites (tertiary alicyclic amines) is 1. The molecule has 0 bridgehead atoms. The van der Waals surface area contributed by atoms with Crippen LogP contribution in [0.5, 0.6) is 5.75 Å². The first kappa shape index (κ1) is 16.3. The van der Waals surface area contributed by atoms with Crippen LogP contribution in [0.15, 0.2) is 18.2 Å². The lowest BCUT2D eigenvalue weighted by Gasteiger charge is -2.37. The molecule has 3 nitrogen and oxygen atoms in total. The molecule has 2 rings (SSSR count). The van der Waals surface area contributed by atoms with E-state index in [1.54, 1.807) is 0 Å². The topological polar surface area (TPSA) is 38.5 Å². The van der Waals surface area contributed by atoms with Crippen LogP contribution in [0.1, 0.15) is 57.7 Å². The number of nitrogens with two attached hydrogens (primary N) is 1. The molecule has 21 heavy (non-hydrogen) atoms. The maximum Gasteiger partial charge on any atom is 0.123 e. The molecule has 0 saturated carbocycles. The molecule has 1 aromatic rings. The standard InChI is InChI=1S/C18H30N2O/c1-5-21-18-9-8-16(15(4)19)10-17(18)12-20-11-13(2)6-7-14(20)3/h8-10,13-15H,5-7,11-12,19H2,1-4H3. The molecule has 0 amide bonds. The quantitative estimate of drug-likeness (QED) is 0.898. The van der Waals surface area contributed by atoms with Crippen LogP contribution in [0.2, 0.25) is 0 Å². The van der Waals surface area contributed by atoms with Gasteiger partial charge < -0.3 is 10.5 Å². The molecular weight excluding hydrogens is 260 g/mol. The van der Waals surface area contributed by atoms with Crippen LogP contribution in [-0.2, 0) is 6.54 Å². The van der Waals surface area contributed by atoms with Crippen molar-refractivity contribution in [3.05, 3.63) is 29.3 Å². The third kappa shape index (κ3) is 4.21. The van der Waals surface area contributed by atoms with Gasteiger partial charge in [0.15, 0.2) is 0 Å². The third-order valence-corrected chi connectivity index (χ3v) is 4.53. The molecule has 2 N–H and O–H groups in total. The van der Waals surface area contributed by atoms with Crippen molar-refractivity contribution in [3.8, 4) is 5.75 Å². The lowest BCUT2D eigenvalue weighted by atomic mass is 9.94. The summed E-state index contributed by atoms with van der Waals surface area (Å²) in [5.74, 6) is 1.79. The maximum atomic E-state index is 6.03. The minimum absolute atomic E-state index is 0.0668. The number of hydrogen-bond donors (Lipinski definition) is 1. The van der Waals surface area contributed by atoms with Crippen LogP contribution in [0, 0.1) is 5.92 Å². The second kappa shape index (κ2) is 7.28. The Kier molecular flexibility index (Phi) is 5.65. The van der Waals surface area contributed by atoms with E-state index in [1.165, 1.54) is 30.5 Å². The monoisotopic (exact) mass is 290 g/mol. The third-order valence-electron chi connectivity index (χ3n) is 4.53. The van der Waals surface area contributed by atoms with E-state index in [4.69, 9.17) is 10.5 Å². The van der Waals surface area contributed by atoms with Crippen molar-refractivity contribution < 1.29 is 4.74 Å². The normalized spacial score (nSPS) is 24.8. The van der Waals surface area contributed by atoms with Crippen LogP contribution >= 0.6 is 0 Å². The summed E-state index contributed by atoms with van der Waals surface area (Å²) in [6, 6.07) is 7.10.